The number of hydrogen-bond donors (Lipinski definition) is 0. The molecule has 0 aliphatic carbocycles. The first-order valence-corrected chi connectivity index (χ1v) is 9.03. The fourth-order valence-electron chi connectivity index (χ4n) is 2.22. The highest BCUT2D eigenvalue weighted by atomic mass is 35.5. The Balaban J connectivity index is 2.53. The van der Waals surface area contributed by atoms with E-state index in [-0.39, 0.29) is 11.5 Å². The van der Waals surface area contributed by atoms with Crippen LogP contribution in [-0.2, 0) is 16.1 Å². The zero-order valence-corrected chi connectivity index (χ0v) is 15.8. The predicted molar refractivity (Wildman–Crippen MR) is 97.8 cm³/mol. The van der Waals surface area contributed by atoms with Gasteiger partial charge in [0.1, 0.15) is 5.25 Å². The molecular formula is C17H21ClN2O3S. The molecule has 0 aliphatic rings. The Morgan fingerprint density at radius 1 is 1.38 bits per heavy atom. The number of ether oxygens (including phenoxy) is 1. The molecule has 5 nitrogen and oxygen atoms in total. The van der Waals surface area contributed by atoms with Crippen LogP contribution in [0.3, 0.4) is 0 Å². The number of carbonyl (C=O) groups excluding carboxylic acids is 1. The van der Waals surface area contributed by atoms with Gasteiger partial charge >= 0.3 is 5.97 Å². The van der Waals surface area contributed by atoms with Gasteiger partial charge in [-0.2, -0.15) is 0 Å². The standard InChI is InChI=1S/C17H21ClN2O3S/c1-10(2)7-8-20-15(21)13-6-5-12(18)9-14(13)19-17(20)24-11(3)16(22)23-4/h5-6,9-11H,7-8H2,1-4H3/t11-/m1/s1. The Hall–Kier alpha value is -1.53. The number of carbonyl (C=O) groups is 1. The lowest BCUT2D eigenvalue weighted by Crippen LogP contribution is -2.26. The molecule has 0 fully saturated rings. The van der Waals surface area contributed by atoms with E-state index < -0.39 is 5.25 Å². The Bertz CT molecular complexity index is 804. The van der Waals surface area contributed by atoms with E-state index in [0.717, 1.165) is 6.42 Å². The van der Waals surface area contributed by atoms with Crippen LogP contribution in [0.2, 0.25) is 5.02 Å². The smallest absolute Gasteiger partial charge is 0.318 e. The van der Waals surface area contributed by atoms with Crippen molar-refractivity contribution in [3.05, 3.63) is 33.6 Å². The van der Waals surface area contributed by atoms with Crippen LogP contribution >= 0.6 is 23.4 Å². The number of benzene rings is 1. The molecule has 0 saturated carbocycles. The molecule has 0 saturated heterocycles. The van der Waals surface area contributed by atoms with Crippen molar-refractivity contribution < 1.29 is 9.53 Å². The van der Waals surface area contributed by atoms with Crippen molar-refractivity contribution in [1.29, 1.82) is 0 Å². The van der Waals surface area contributed by atoms with Crippen molar-refractivity contribution in [2.75, 3.05) is 7.11 Å². The predicted octanol–water partition coefficient (Wildman–Crippen LogP) is 3.75. The highest BCUT2D eigenvalue weighted by Gasteiger charge is 2.20. The number of fused-ring (bicyclic) bond motifs is 1. The summed E-state index contributed by atoms with van der Waals surface area (Å²) in [6, 6.07) is 5.04. The van der Waals surface area contributed by atoms with Gasteiger partial charge in [-0.3, -0.25) is 14.2 Å². The molecule has 130 valence electrons. The molecule has 24 heavy (non-hydrogen) atoms. The van der Waals surface area contributed by atoms with E-state index in [0.29, 0.717) is 33.5 Å². The minimum atomic E-state index is -0.455. The third kappa shape index (κ3) is 4.30. The molecule has 1 aromatic heterocycles. The van der Waals surface area contributed by atoms with Crippen LogP contribution in [0, 0.1) is 5.92 Å². The fraction of sp³-hybridized carbons (Fsp3) is 0.471. The molecule has 1 atom stereocenters. The van der Waals surface area contributed by atoms with Gasteiger partial charge in [-0.1, -0.05) is 37.2 Å². The maximum atomic E-state index is 12.8. The fourth-order valence-corrected chi connectivity index (χ4v) is 3.35. The third-order valence-corrected chi connectivity index (χ3v) is 4.93. The Kier molecular flexibility index (Phi) is 6.29. The highest BCUT2D eigenvalue weighted by molar-refractivity contribution is 8.00. The Morgan fingerprint density at radius 3 is 2.71 bits per heavy atom. The molecule has 0 aliphatic heterocycles. The second-order valence-corrected chi connectivity index (χ2v) is 7.72. The van der Waals surface area contributed by atoms with E-state index >= 15 is 0 Å². The summed E-state index contributed by atoms with van der Waals surface area (Å²) in [6.45, 7) is 6.49. The number of nitrogens with zero attached hydrogens (tertiary/aromatic N) is 2. The molecule has 1 heterocycles. The van der Waals surface area contributed by atoms with Crippen molar-refractivity contribution in [1.82, 2.24) is 9.55 Å². The first-order chi connectivity index (χ1) is 11.3. The number of thioether (sulfide) groups is 1. The van der Waals surface area contributed by atoms with Crippen LogP contribution in [0.25, 0.3) is 10.9 Å². The molecular weight excluding hydrogens is 348 g/mol. The van der Waals surface area contributed by atoms with E-state index in [9.17, 15) is 9.59 Å². The van der Waals surface area contributed by atoms with Crippen molar-refractivity contribution in [2.45, 2.75) is 44.1 Å². The lowest BCUT2D eigenvalue weighted by molar-refractivity contribution is -0.139. The Labute approximate surface area is 150 Å². The first kappa shape index (κ1) is 18.8. The van der Waals surface area contributed by atoms with E-state index in [2.05, 4.69) is 18.8 Å². The Morgan fingerprint density at radius 2 is 2.08 bits per heavy atom. The second-order valence-electron chi connectivity index (χ2n) is 5.98. The van der Waals surface area contributed by atoms with Crippen LogP contribution in [0.4, 0.5) is 0 Å². The normalized spacial score (nSPS) is 12.6. The lowest BCUT2D eigenvalue weighted by Gasteiger charge is -2.16. The van der Waals surface area contributed by atoms with Crippen molar-refractivity contribution >= 4 is 40.2 Å². The average molecular weight is 369 g/mol. The summed E-state index contributed by atoms with van der Waals surface area (Å²) in [6.07, 6.45) is 0.848. The number of hydrogen-bond acceptors (Lipinski definition) is 5. The zero-order chi connectivity index (χ0) is 17.9. The summed E-state index contributed by atoms with van der Waals surface area (Å²) in [4.78, 5) is 29.1. The average Bonchev–Trinajstić information content (AvgIpc) is 2.53. The quantitative estimate of drug-likeness (QED) is 0.441. The van der Waals surface area contributed by atoms with Gasteiger partial charge < -0.3 is 4.74 Å². The number of esters is 1. The molecule has 0 unspecified atom stereocenters. The molecule has 0 bridgehead atoms. The zero-order valence-electron chi connectivity index (χ0n) is 14.2. The number of rotatable bonds is 6. The highest BCUT2D eigenvalue weighted by Crippen LogP contribution is 2.25. The lowest BCUT2D eigenvalue weighted by atomic mass is 10.1. The minimum absolute atomic E-state index is 0.114. The van der Waals surface area contributed by atoms with Crippen LogP contribution < -0.4 is 5.56 Å². The van der Waals surface area contributed by atoms with E-state index in [1.807, 2.05) is 0 Å². The summed E-state index contributed by atoms with van der Waals surface area (Å²) in [5.74, 6) is 0.101. The van der Waals surface area contributed by atoms with E-state index in [1.165, 1.54) is 18.9 Å². The van der Waals surface area contributed by atoms with Gasteiger partial charge in [-0.25, -0.2) is 4.98 Å². The SMILES string of the molecule is COC(=O)[C@@H](C)Sc1nc2cc(Cl)ccc2c(=O)n1CCC(C)C. The first-order valence-electron chi connectivity index (χ1n) is 7.78. The minimum Gasteiger partial charge on any atom is -0.468 e. The van der Waals surface area contributed by atoms with Gasteiger partial charge in [0.05, 0.1) is 18.0 Å². The molecule has 0 radical (unpaired) electrons. The van der Waals surface area contributed by atoms with Crippen LogP contribution in [0.5, 0.6) is 0 Å². The van der Waals surface area contributed by atoms with Crippen LogP contribution in [0.1, 0.15) is 27.2 Å². The molecule has 0 amide bonds. The molecule has 2 rings (SSSR count). The molecule has 1 aromatic carbocycles. The number of halogens is 1. The van der Waals surface area contributed by atoms with Gasteiger partial charge in [0, 0.05) is 11.6 Å². The largest absolute Gasteiger partial charge is 0.468 e. The maximum absolute atomic E-state index is 12.8. The van der Waals surface area contributed by atoms with Gasteiger partial charge in [-0.05, 0) is 37.5 Å². The van der Waals surface area contributed by atoms with Crippen LogP contribution in [-0.4, -0.2) is 27.9 Å². The van der Waals surface area contributed by atoms with Crippen molar-refractivity contribution in [3.63, 3.8) is 0 Å². The topological polar surface area (TPSA) is 61.2 Å². The van der Waals surface area contributed by atoms with Gasteiger partial charge in [0.2, 0.25) is 0 Å². The van der Waals surface area contributed by atoms with E-state index in [4.69, 9.17) is 16.3 Å². The van der Waals surface area contributed by atoms with Gasteiger partial charge in [0.15, 0.2) is 5.16 Å². The third-order valence-electron chi connectivity index (χ3n) is 3.63. The molecule has 0 N–H and O–H groups in total. The summed E-state index contributed by atoms with van der Waals surface area (Å²) in [5.41, 5.74) is 0.421. The second kappa shape index (κ2) is 8.03. The van der Waals surface area contributed by atoms with Crippen molar-refractivity contribution in [2.24, 2.45) is 5.92 Å². The number of aromatic nitrogens is 2. The monoisotopic (exact) mass is 368 g/mol. The van der Waals surface area contributed by atoms with Crippen LogP contribution in [0.15, 0.2) is 28.2 Å². The molecule has 7 heteroatoms. The summed E-state index contributed by atoms with van der Waals surface area (Å²) >= 11 is 7.24. The van der Waals surface area contributed by atoms with Crippen molar-refractivity contribution in [3.8, 4) is 0 Å². The summed E-state index contributed by atoms with van der Waals surface area (Å²) < 4.78 is 6.40. The number of methoxy groups -OCH3 is 1. The molecule has 2 aromatic rings. The van der Waals surface area contributed by atoms with E-state index in [1.54, 1.807) is 29.7 Å². The summed E-state index contributed by atoms with van der Waals surface area (Å²) in [5, 5.41) is 1.10. The van der Waals surface area contributed by atoms with Gasteiger partial charge in [-0.15, -0.1) is 0 Å². The maximum Gasteiger partial charge on any atom is 0.318 e. The van der Waals surface area contributed by atoms with Gasteiger partial charge in [0.25, 0.3) is 5.56 Å². The summed E-state index contributed by atoms with van der Waals surface area (Å²) in [7, 11) is 1.35. The molecule has 0 spiro atoms.